The molecule has 0 aliphatic carbocycles. The fraction of sp³-hybridized carbons (Fsp3) is 0.188. The zero-order chi connectivity index (χ0) is 19.3. The van der Waals surface area contributed by atoms with E-state index in [0.29, 0.717) is 5.69 Å². The van der Waals surface area contributed by atoms with Gasteiger partial charge in [-0.2, -0.15) is 0 Å². The summed E-state index contributed by atoms with van der Waals surface area (Å²) < 4.78 is 14.0. The van der Waals surface area contributed by atoms with Gasteiger partial charge in [0.25, 0.3) is 11.2 Å². The molecule has 10 heteroatoms. The zero-order valence-electron chi connectivity index (χ0n) is 13.5. The Morgan fingerprint density at radius 3 is 2.42 bits per heavy atom. The van der Waals surface area contributed by atoms with Crippen LogP contribution < -0.4 is 16.2 Å². The van der Waals surface area contributed by atoms with Crippen molar-refractivity contribution >= 4 is 23.2 Å². The highest BCUT2D eigenvalue weighted by atomic mass is 19.1. The first-order chi connectivity index (χ1) is 12.3. The number of carbonyl (C=O) groups excluding carboxylic acids is 2. The molecule has 136 valence electrons. The van der Waals surface area contributed by atoms with E-state index in [0.717, 1.165) is 39.9 Å². The van der Waals surface area contributed by atoms with Crippen molar-refractivity contribution in [2.75, 3.05) is 11.4 Å². The van der Waals surface area contributed by atoms with Crippen LogP contribution in [0, 0.1) is 15.9 Å². The predicted octanol–water partition coefficient (Wildman–Crippen LogP) is 0.804. The molecule has 1 aromatic carbocycles. The minimum absolute atomic E-state index is 0.0799. The van der Waals surface area contributed by atoms with Gasteiger partial charge >= 0.3 is 0 Å². The maximum atomic E-state index is 13.1. The van der Waals surface area contributed by atoms with E-state index in [1.54, 1.807) is 0 Å². The van der Waals surface area contributed by atoms with Crippen molar-refractivity contribution in [2.45, 2.75) is 13.0 Å². The summed E-state index contributed by atoms with van der Waals surface area (Å²) in [5, 5.41) is 10.8. The highest BCUT2D eigenvalue weighted by Crippen LogP contribution is 2.16. The lowest BCUT2D eigenvalue weighted by atomic mass is 10.2. The molecule has 0 aliphatic rings. The summed E-state index contributed by atoms with van der Waals surface area (Å²) in [4.78, 5) is 46.8. The Labute approximate surface area is 146 Å². The first-order valence-electron chi connectivity index (χ1n) is 7.47. The third kappa shape index (κ3) is 4.72. The first kappa shape index (κ1) is 18.8. The van der Waals surface area contributed by atoms with Crippen molar-refractivity contribution in [1.82, 2.24) is 4.57 Å². The summed E-state index contributed by atoms with van der Waals surface area (Å²) in [6, 6.07) is 6.97. The van der Waals surface area contributed by atoms with Crippen molar-refractivity contribution in [1.29, 1.82) is 0 Å². The summed E-state index contributed by atoms with van der Waals surface area (Å²) in [7, 11) is 0. The average Bonchev–Trinajstić information content (AvgIpc) is 2.58. The molecule has 0 spiro atoms. The van der Waals surface area contributed by atoms with E-state index in [1.807, 2.05) is 0 Å². The van der Waals surface area contributed by atoms with Crippen molar-refractivity contribution in [3.05, 3.63) is 68.9 Å². The monoisotopic (exact) mass is 362 g/mol. The molecule has 0 unspecified atom stereocenters. The average molecular weight is 362 g/mol. The number of anilines is 1. The van der Waals surface area contributed by atoms with Gasteiger partial charge in [0.05, 0.1) is 11.1 Å². The van der Waals surface area contributed by atoms with Gasteiger partial charge in [-0.05, 0) is 24.3 Å². The maximum Gasteiger partial charge on any atom is 0.285 e. The van der Waals surface area contributed by atoms with Gasteiger partial charge in [0.15, 0.2) is 0 Å². The largest absolute Gasteiger partial charge is 0.370 e. The summed E-state index contributed by atoms with van der Waals surface area (Å²) in [5.74, 6) is -1.76. The molecule has 0 saturated carbocycles. The second-order valence-electron chi connectivity index (χ2n) is 5.35. The molecule has 1 heterocycles. The molecule has 2 N–H and O–H groups in total. The molecule has 2 aromatic rings. The normalized spacial score (nSPS) is 10.3. The Morgan fingerprint density at radius 2 is 1.85 bits per heavy atom. The van der Waals surface area contributed by atoms with E-state index >= 15 is 0 Å². The molecular formula is C16H15FN4O5. The molecule has 9 nitrogen and oxygen atoms in total. The Hall–Kier alpha value is -3.56. The molecular weight excluding hydrogens is 347 g/mol. The Morgan fingerprint density at radius 1 is 1.19 bits per heavy atom. The van der Waals surface area contributed by atoms with Crippen molar-refractivity contribution in [3.63, 3.8) is 0 Å². The fourth-order valence-electron chi connectivity index (χ4n) is 2.22. The van der Waals surface area contributed by atoms with E-state index in [2.05, 4.69) is 0 Å². The van der Waals surface area contributed by atoms with Crippen molar-refractivity contribution in [3.8, 4) is 0 Å². The van der Waals surface area contributed by atoms with E-state index in [4.69, 9.17) is 5.73 Å². The summed E-state index contributed by atoms with van der Waals surface area (Å²) in [6.45, 7) is -0.569. The lowest BCUT2D eigenvalue weighted by Gasteiger charge is -2.22. The molecule has 0 radical (unpaired) electrons. The minimum atomic E-state index is -0.689. The number of nitro groups is 1. The molecule has 0 aliphatic heterocycles. The standard InChI is InChI=1S/C16H15FN4O5/c17-11-1-3-12(4-2-11)20(8-7-14(18)22)16(24)10-19-9-13(21(25)26)5-6-15(19)23/h1-6,9H,7-8,10H2,(H2,18,22). The van der Waals surface area contributed by atoms with Crippen LogP contribution >= 0.6 is 0 Å². The highest BCUT2D eigenvalue weighted by Gasteiger charge is 2.19. The van der Waals surface area contributed by atoms with E-state index in [1.165, 1.54) is 12.1 Å². The van der Waals surface area contributed by atoms with E-state index in [-0.39, 0.29) is 18.7 Å². The van der Waals surface area contributed by atoms with Crippen LogP contribution in [0.5, 0.6) is 0 Å². The number of halogens is 1. The number of rotatable bonds is 7. The Balaban J connectivity index is 2.30. The van der Waals surface area contributed by atoms with Gasteiger partial charge in [-0.1, -0.05) is 0 Å². The summed E-state index contributed by atoms with van der Waals surface area (Å²) in [6.07, 6.45) is 0.810. The SMILES string of the molecule is NC(=O)CCN(C(=O)Cn1cc([N+](=O)[O-])ccc1=O)c1ccc(F)cc1. The van der Waals surface area contributed by atoms with Gasteiger partial charge in [0.1, 0.15) is 12.4 Å². The van der Waals surface area contributed by atoms with Gasteiger partial charge in [-0.3, -0.25) is 29.1 Å². The quantitative estimate of drug-likeness (QED) is 0.575. The zero-order valence-corrected chi connectivity index (χ0v) is 13.5. The summed E-state index contributed by atoms with van der Waals surface area (Å²) >= 11 is 0. The minimum Gasteiger partial charge on any atom is -0.370 e. The van der Waals surface area contributed by atoms with Crippen LogP contribution in [0.2, 0.25) is 0 Å². The van der Waals surface area contributed by atoms with Crippen LogP contribution in [0.15, 0.2) is 47.4 Å². The number of nitrogens with two attached hydrogens (primary N) is 1. The Bertz CT molecular complexity index is 894. The molecule has 1 aromatic heterocycles. The number of hydrogen-bond acceptors (Lipinski definition) is 5. The number of aromatic nitrogens is 1. The van der Waals surface area contributed by atoms with Gasteiger partial charge in [-0.15, -0.1) is 0 Å². The van der Waals surface area contributed by atoms with Crippen LogP contribution in [0.25, 0.3) is 0 Å². The van der Waals surface area contributed by atoms with E-state index in [9.17, 15) is 28.9 Å². The van der Waals surface area contributed by atoms with Crippen LogP contribution in [0.3, 0.4) is 0 Å². The number of amides is 2. The molecule has 2 rings (SSSR count). The van der Waals surface area contributed by atoms with E-state index < -0.39 is 34.7 Å². The summed E-state index contributed by atoms with van der Waals surface area (Å²) in [5.41, 5.74) is 4.46. The van der Waals surface area contributed by atoms with Crippen molar-refractivity contribution in [2.24, 2.45) is 5.73 Å². The number of primary amides is 1. The lowest BCUT2D eigenvalue weighted by molar-refractivity contribution is -0.385. The number of pyridine rings is 1. The molecule has 0 atom stereocenters. The molecule has 26 heavy (non-hydrogen) atoms. The van der Waals surface area contributed by atoms with Crippen molar-refractivity contribution < 1.29 is 18.9 Å². The molecule has 0 fully saturated rings. The van der Waals surface area contributed by atoms with Crippen LogP contribution in [0.1, 0.15) is 6.42 Å². The molecule has 0 bridgehead atoms. The second kappa shape index (κ2) is 8.01. The smallest absolute Gasteiger partial charge is 0.285 e. The van der Waals surface area contributed by atoms with Gasteiger partial charge in [0.2, 0.25) is 11.8 Å². The number of nitrogens with zero attached hydrogens (tertiary/aromatic N) is 3. The van der Waals surface area contributed by atoms with Crippen LogP contribution in [-0.4, -0.2) is 27.8 Å². The molecule has 2 amide bonds. The van der Waals surface area contributed by atoms with Crippen LogP contribution in [0.4, 0.5) is 15.8 Å². The van der Waals surface area contributed by atoms with Crippen LogP contribution in [-0.2, 0) is 16.1 Å². The fourth-order valence-corrected chi connectivity index (χ4v) is 2.22. The van der Waals surface area contributed by atoms with Gasteiger partial charge in [0, 0.05) is 30.8 Å². The third-order valence-electron chi connectivity index (χ3n) is 3.51. The second-order valence-corrected chi connectivity index (χ2v) is 5.35. The predicted molar refractivity (Wildman–Crippen MR) is 89.9 cm³/mol. The number of carbonyl (C=O) groups is 2. The number of benzene rings is 1. The lowest BCUT2D eigenvalue weighted by Crippen LogP contribution is -2.38. The highest BCUT2D eigenvalue weighted by molar-refractivity contribution is 5.93. The maximum absolute atomic E-state index is 13.1. The topological polar surface area (TPSA) is 129 Å². The first-order valence-corrected chi connectivity index (χ1v) is 7.47. The van der Waals surface area contributed by atoms with Gasteiger partial charge in [-0.25, -0.2) is 4.39 Å². The Kier molecular flexibility index (Phi) is 5.78. The third-order valence-corrected chi connectivity index (χ3v) is 3.51. The van der Waals surface area contributed by atoms with Gasteiger partial charge < -0.3 is 10.6 Å². The molecule has 0 saturated heterocycles. The number of hydrogen-bond donors (Lipinski definition) is 1.